The lowest BCUT2D eigenvalue weighted by atomic mass is 10.2. The molecule has 9 rings (SSSR count). The molecule has 402 valence electrons. The molecule has 77 heavy (non-hydrogen) atoms. The van der Waals surface area contributed by atoms with Crippen LogP contribution in [0.2, 0.25) is 0 Å². The molecule has 0 atom stereocenters. The first-order valence-electron chi connectivity index (χ1n) is 22.0. The van der Waals surface area contributed by atoms with Gasteiger partial charge in [0, 0.05) is 94.9 Å². The second-order valence-electron chi connectivity index (χ2n) is 15.0. The fourth-order valence-electron chi connectivity index (χ4n) is 6.07. The smallest absolute Gasteiger partial charge is 0.313 e. The topological polar surface area (TPSA) is 311 Å². The summed E-state index contributed by atoms with van der Waals surface area (Å²) in [6.07, 6.45) is 14.7. The van der Waals surface area contributed by atoms with E-state index in [1.807, 2.05) is 54.8 Å². The number of nitrogens with zero attached hydrogens (tertiary/aromatic N) is 12. The molecule has 0 aliphatic carbocycles. The van der Waals surface area contributed by atoms with Gasteiger partial charge >= 0.3 is 11.4 Å². The van der Waals surface area contributed by atoms with Crippen LogP contribution in [0.5, 0.6) is 0 Å². The summed E-state index contributed by atoms with van der Waals surface area (Å²) in [5.74, 6) is 1.65. The zero-order valence-corrected chi connectivity index (χ0v) is 48.3. The number of nitrogens with one attached hydrogen (secondary N) is 2. The number of nitrogen functional groups attached to an aromatic ring is 2. The van der Waals surface area contributed by atoms with Gasteiger partial charge in [0.15, 0.2) is 0 Å². The van der Waals surface area contributed by atoms with Gasteiger partial charge in [-0.15, -0.1) is 0 Å². The molecule has 0 aromatic carbocycles. The Hall–Kier alpha value is -7.60. The maximum atomic E-state index is 12.0. The summed E-state index contributed by atoms with van der Waals surface area (Å²) >= 11 is 13.2. The summed E-state index contributed by atoms with van der Waals surface area (Å²) < 4.78 is 31.3. The van der Waals surface area contributed by atoms with Crippen LogP contribution >= 0.6 is 63.7 Å². The van der Waals surface area contributed by atoms with Gasteiger partial charge in [0.2, 0.25) is 5.95 Å². The molecule has 6 N–H and O–H groups in total. The molecule has 0 unspecified atom stereocenters. The second kappa shape index (κ2) is 31.4. The first-order chi connectivity index (χ1) is 36.8. The van der Waals surface area contributed by atoms with E-state index in [4.69, 9.17) is 11.5 Å². The molecule has 9 aromatic rings. The fourth-order valence-corrected chi connectivity index (χ4v) is 7.37. The number of imidazole rings is 1. The quantitative estimate of drug-likeness (QED) is 0.0428. The van der Waals surface area contributed by atoms with Gasteiger partial charge in [0.1, 0.15) is 52.1 Å². The summed E-state index contributed by atoms with van der Waals surface area (Å²) in [6, 6.07) is 20.8. The molecule has 0 saturated carbocycles. The van der Waals surface area contributed by atoms with Crippen molar-refractivity contribution in [2.45, 2.75) is 34.2 Å². The van der Waals surface area contributed by atoms with Crippen molar-refractivity contribution >= 4 is 121 Å². The Kier molecular flexibility index (Phi) is 25.3. The van der Waals surface area contributed by atoms with Crippen molar-refractivity contribution in [3.63, 3.8) is 0 Å². The first-order valence-corrected chi connectivity index (χ1v) is 25.1. The molecule has 0 aliphatic heterocycles. The van der Waals surface area contributed by atoms with Crippen LogP contribution in [-0.2, 0) is 14.2 Å². The summed E-state index contributed by atoms with van der Waals surface area (Å²) in [6.45, 7) is 6.45. The number of ether oxygens (including phenoxy) is 3. The van der Waals surface area contributed by atoms with Gasteiger partial charge in [0.05, 0.1) is 38.1 Å². The number of nitrogens with two attached hydrogens (primary N) is 2. The molecule has 23 nitrogen and oxygen atoms in total. The maximum absolute atomic E-state index is 12.0. The normalized spacial score (nSPS) is 10.1. The highest BCUT2D eigenvalue weighted by Gasteiger charge is 2.19. The third-order valence-electron chi connectivity index (χ3n) is 9.64. The van der Waals surface area contributed by atoms with Gasteiger partial charge in [0.25, 0.3) is 6.48 Å². The predicted molar refractivity (Wildman–Crippen MR) is 305 cm³/mol. The molecule has 0 saturated heterocycles. The number of nitro groups is 2. The number of hydrogen-bond donors (Lipinski definition) is 4. The third kappa shape index (κ3) is 19.8. The van der Waals surface area contributed by atoms with E-state index in [1.54, 1.807) is 75.4 Å². The molecule has 0 radical (unpaired) electrons. The molecule has 0 amide bonds. The van der Waals surface area contributed by atoms with Gasteiger partial charge in [-0.05, 0) is 94.4 Å². The number of pyridine rings is 8. The van der Waals surface area contributed by atoms with Gasteiger partial charge < -0.3 is 36.3 Å². The summed E-state index contributed by atoms with van der Waals surface area (Å²) in [5.41, 5.74) is 17.5. The highest BCUT2D eigenvalue weighted by molar-refractivity contribution is 9.11. The minimum atomic E-state index is -0.530. The van der Waals surface area contributed by atoms with E-state index >= 15 is 0 Å². The minimum Gasteiger partial charge on any atom is -0.396 e. The van der Waals surface area contributed by atoms with Crippen LogP contribution in [0.4, 0.5) is 50.2 Å². The van der Waals surface area contributed by atoms with Crippen molar-refractivity contribution in [3.8, 4) is 5.82 Å². The van der Waals surface area contributed by atoms with Gasteiger partial charge in [-0.2, -0.15) is 4.39 Å². The van der Waals surface area contributed by atoms with Crippen LogP contribution in [0.25, 0.3) is 16.9 Å². The number of aryl methyl sites for hydroxylation is 4. The van der Waals surface area contributed by atoms with Crippen molar-refractivity contribution in [2.75, 3.05) is 43.4 Å². The Morgan fingerprint density at radius 2 is 0.987 bits per heavy atom. The maximum Gasteiger partial charge on any atom is 0.313 e. The van der Waals surface area contributed by atoms with Crippen LogP contribution in [0.15, 0.2) is 147 Å². The van der Waals surface area contributed by atoms with Crippen LogP contribution < -0.4 is 22.1 Å². The van der Waals surface area contributed by atoms with E-state index in [-0.39, 0.29) is 17.1 Å². The van der Waals surface area contributed by atoms with Crippen molar-refractivity contribution in [2.24, 2.45) is 0 Å². The molecule has 28 heteroatoms. The van der Waals surface area contributed by atoms with Crippen LogP contribution in [0.3, 0.4) is 0 Å². The lowest BCUT2D eigenvalue weighted by Gasteiger charge is -2.09. The Morgan fingerprint density at radius 1 is 0.545 bits per heavy atom. The summed E-state index contributed by atoms with van der Waals surface area (Å²) in [7, 11) is 4.53. The Morgan fingerprint density at radius 3 is 1.45 bits per heavy atom. The van der Waals surface area contributed by atoms with Gasteiger partial charge in [-0.25, -0.2) is 24.9 Å². The number of halogens is 5. The average molecular weight is 1310 g/mol. The molecule has 9 aromatic heterocycles. The lowest BCUT2D eigenvalue weighted by molar-refractivity contribution is -0.384. The van der Waals surface area contributed by atoms with E-state index in [1.165, 1.54) is 52.1 Å². The van der Waals surface area contributed by atoms with Gasteiger partial charge in [-0.1, -0.05) is 63.7 Å². The van der Waals surface area contributed by atoms with Crippen molar-refractivity contribution in [3.05, 3.63) is 196 Å². The van der Waals surface area contributed by atoms with E-state index in [2.05, 4.69) is 133 Å². The standard InChI is InChI=1S/C12H9BrN4.C11H9BrN4O2.C11H11BrN4.C6H7N3O2.C5H3BrFN.C4H10O3/c1-8-12-10(3-5-14-8)17(7-16-12)11-6-9(13)2-4-15-11;1-7-11(16(17)18)9(3-5-13-7)15-10-6-8(12)2-4-14-10;1-7-11(13)9(3-5-14-7)16-10-6-8(12)2-4-15-10;1-4-6(9(10)11)5(7)2-3-8-4;6-4-1-2-8-5(7)3-4;1-5-4(6-2)7-3/h2-7H,1H3;2-6H,1H3,(H,13,14,15);2-6H,13H2,1H3,(H,14,15,16);2-3H,1H3,(H2,7,8);1-3H;4H,1-3H3. The van der Waals surface area contributed by atoms with Crippen molar-refractivity contribution < 1.29 is 28.4 Å². The molecule has 0 fully saturated rings. The average Bonchev–Trinajstić information content (AvgIpc) is 3.84. The van der Waals surface area contributed by atoms with E-state index in [0.29, 0.717) is 33.1 Å². The monoisotopic (exact) mass is 1310 g/mol. The number of rotatable bonds is 10. The third-order valence-corrected chi connectivity index (χ3v) is 11.6. The van der Waals surface area contributed by atoms with Crippen LogP contribution in [0.1, 0.15) is 22.8 Å². The highest BCUT2D eigenvalue weighted by atomic mass is 79.9. The minimum absolute atomic E-state index is 0.0423. The molecule has 9 heterocycles. The van der Waals surface area contributed by atoms with E-state index in [0.717, 1.165) is 53.2 Å². The second-order valence-corrected chi connectivity index (χ2v) is 18.6. The Bertz CT molecular complexity index is 3340. The highest BCUT2D eigenvalue weighted by Crippen LogP contribution is 2.30. The van der Waals surface area contributed by atoms with E-state index in [9.17, 15) is 24.6 Å². The summed E-state index contributed by atoms with van der Waals surface area (Å²) in [5, 5.41) is 27.4. The number of fused-ring (bicyclic) bond motifs is 1. The molecular formula is C49H49Br4FN16O7. The molecule has 0 spiro atoms. The number of hydrogen-bond acceptors (Lipinski definition) is 20. The lowest BCUT2D eigenvalue weighted by Crippen LogP contribution is -2.14. The molecular weight excluding hydrogens is 1260 g/mol. The predicted octanol–water partition coefficient (Wildman–Crippen LogP) is 12.0. The zero-order chi connectivity index (χ0) is 56.6. The Balaban J connectivity index is 0.000000206. The molecule has 0 aliphatic rings. The Labute approximate surface area is 474 Å². The largest absolute Gasteiger partial charge is 0.396 e. The first kappa shape index (κ1) is 61.9. The van der Waals surface area contributed by atoms with Gasteiger partial charge in [-0.3, -0.25) is 44.7 Å². The van der Waals surface area contributed by atoms with Crippen LogP contribution in [-0.4, -0.2) is 87.1 Å². The summed E-state index contributed by atoms with van der Waals surface area (Å²) in [4.78, 5) is 56.6. The van der Waals surface area contributed by atoms with E-state index < -0.39 is 22.3 Å². The number of anilines is 6. The fraction of sp³-hybridized carbons (Fsp3) is 0.163. The zero-order valence-electron chi connectivity index (χ0n) is 42.0. The van der Waals surface area contributed by atoms with Crippen molar-refractivity contribution in [1.29, 1.82) is 0 Å². The molecule has 0 bridgehead atoms. The van der Waals surface area contributed by atoms with Crippen molar-refractivity contribution in [1.82, 2.24) is 49.4 Å². The SMILES string of the molecule is COC(OC)OC.Cc1nccc(N)c1[N+](=O)[O-].Cc1nccc(Nc2cc(Br)ccn2)c1N.Cc1nccc(Nc2cc(Br)ccn2)c1[N+](=O)[O-].Cc1nccc2c1ncn2-c1cc(Br)ccn1.Fc1cc(Br)ccn1. The number of methoxy groups -OCH3 is 3. The number of aromatic nitrogens is 10. The van der Waals surface area contributed by atoms with Crippen LogP contribution in [0, 0.1) is 53.9 Å².